The molecule has 0 radical (unpaired) electrons. The van der Waals surface area contributed by atoms with Gasteiger partial charge in [0, 0.05) is 35.3 Å². The maximum Gasteiger partial charge on any atom is 0.633 e. The van der Waals surface area contributed by atoms with Gasteiger partial charge in [0.25, 0.3) is 0 Å². The van der Waals surface area contributed by atoms with E-state index in [1.165, 1.54) is 16.3 Å². The molecule has 0 saturated carbocycles. The summed E-state index contributed by atoms with van der Waals surface area (Å²) in [6.07, 6.45) is 1.95. The van der Waals surface area contributed by atoms with Crippen LogP contribution in [0.25, 0.3) is 32.7 Å². The average Bonchev–Trinajstić information content (AvgIpc) is 3.19. The molecule has 1 aliphatic heterocycles. The Labute approximate surface area is 234 Å². The van der Waals surface area contributed by atoms with E-state index in [1.54, 1.807) is 0 Å². The molecule has 0 fully saturated rings. The van der Waals surface area contributed by atoms with Crippen molar-refractivity contribution in [2.24, 2.45) is 4.99 Å². The molecule has 0 amide bonds. The van der Waals surface area contributed by atoms with Gasteiger partial charge in [0.2, 0.25) is 0 Å². The number of hydrogen-bond acceptors (Lipinski definition) is 3. The third-order valence-electron chi connectivity index (χ3n) is 7.73. The van der Waals surface area contributed by atoms with Gasteiger partial charge in [-0.25, -0.2) is 0 Å². The Kier molecular flexibility index (Phi) is 6.29. The molecule has 6 aromatic carbocycles. The van der Waals surface area contributed by atoms with Crippen LogP contribution in [-0.4, -0.2) is 19.9 Å². The predicted molar refractivity (Wildman–Crippen MR) is 167 cm³/mol. The maximum absolute atomic E-state index is 6.74. The second-order valence-electron chi connectivity index (χ2n) is 10.3. The Bertz CT molecular complexity index is 1780. The zero-order chi connectivity index (χ0) is 26.9. The second-order valence-corrected chi connectivity index (χ2v) is 10.3. The summed E-state index contributed by atoms with van der Waals surface area (Å²) < 4.78 is 13.5. The zero-order valence-corrected chi connectivity index (χ0v) is 22.3. The normalized spacial score (nSPS) is 13.4. The van der Waals surface area contributed by atoms with Crippen molar-refractivity contribution in [1.29, 1.82) is 0 Å². The van der Waals surface area contributed by atoms with Gasteiger partial charge in [-0.3, -0.25) is 4.99 Å². The summed E-state index contributed by atoms with van der Waals surface area (Å²) in [5, 5.41) is 4.63. The van der Waals surface area contributed by atoms with E-state index in [9.17, 15) is 0 Å². The van der Waals surface area contributed by atoms with Crippen molar-refractivity contribution in [1.82, 2.24) is 0 Å². The number of rotatable bonds is 5. The largest absolute Gasteiger partial charge is 0.633 e. The molecule has 40 heavy (non-hydrogen) atoms. The lowest BCUT2D eigenvalue weighted by Crippen LogP contribution is -2.44. The first-order valence-corrected chi connectivity index (χ1v) is 13.8. The lowest BCUT2D eigenvalue weighted by Gasteiger charge is -2.16. The Morgan fingerprint density at radius 1 is 0.625 bits per heavy atom. The highest BCUT2D eigenvalue weighted by atomic mass is 16.6. The van der Waals surface area contributed by atoms with Crippen LogP contribution in [0.2, 0.25) is 0 Å². The first-order valence-electron chi connectivity index (χ1n) is 13.8. The highest BCUT2D eigenvalue weighted by Gasteiger charge is 2.34. The standard InChI is InChI=1S/C36H28BNO2/c1-25(26-11-3-2-4-12-26)23-38-24-29-15-7-10-18-32(29)37-39-33-21-19-27-13-5-8-16-30(27)35(33)36-31-17-9-6-14-28(31)20-22-34(36)40-37/h2-22,24-25H,23H2,1H3/t25-/m0/s1. The molecule has 0 N–H and O–H groups in total. The first kappa shape index (κ1) is 24.2. The number of fused-ring (bicyclic) bond motifs is 7. The third kappa shape index (κ3) is 4.42. The molecule has 4 heteroatoms. The number of benzene rings is 6. The monoisotopic (exact) mass is 517 g/mol. The quantitative estimate of drug-likeness (QED) is 0.171. The van der Waals surface area contributed by atoms with E-state index in [1.807, 2.05) is 24.4 Å². The highest BCUT2D eigenvalue weighted by molar-refractivity contribution is 6.64. The van der Waals surface area contributed by atoms with Crippen molar-refractivity contribution in [3.05, 3.63) is 139 Å². The minimum Gasteiger partial charge on any atom is -0.521 e. The van der Waals surface area contributed by atoms with E-state index in [0.717, 1.165) is 44.4 Å². The SMILES string of the molecule is C[C@@H](CN=Cc1ccccc1B1Oc2ccc3ccccc3c2-c2c(ccc3ccccc23)O1)c1ccccc1. The van der Waals surface area contributed by atoms with Gasteiger partial charge in [0.1, 0.15) is 11.5 Å². The molecule has 6 aromatic rings. The Morgan fingerprint density at radius 3 is 1.82 bits per heavy atom. The Morgan fingerprint density at radius 2 is 1.18 bits per heavy atom. The van der Waals surface area contributed by atoms with E-state index >= 15 is 0 Å². The van der Waals surface area contributed by atoms with E-state index in [4.69, 9.17) is 14.3 Å². The van der Waals surface area contributed by atoms with Crippen molar-refractivity contribution in [2.45, 2.75) is 12.8 Å². The minimum atomic E-state index is -0.628. The van der Waals surface area contributed by atoms with Crippen LogP contribution in [0.3, 0.4) is 0 Å². The lowest BCUT2D eigenvalue weighted by atomic mass is 9.75. The van der Waals surface area contributed by atoms with Crippen LogP contribution in [0.4, 0.5) is 0 Å². The van der Waals surface area contributed by atoms with Crippen LogP contribution in [-0.2, 0) is 0 Å². The van der Waals surface area contributed by atoms with Gasteiger partial charge in [0.15, 0.2) is 0 Å². The fourth-order valence-electron chi connectivity index (χ4n) is 5.64. The van der Waals surface area contributed by atoms with E-state index in [2.05, 4.69) is 116 Å². The highest BCUT2D eigenvalue weighted by Crippen LogP contribution is 2.47. The summed E-state index contributed by atoms with van der Waals surface area (Å²) in [6, 6.07) is 44.0. The topological polar surface area (TPSA) is 30.8 Å². The van der Waals surface area contributed by atoms with Gasteiger partial charge in [-0.2, -0.15) is 0 Å². The van der Waals surface area contributed by atoms with Crippen molar-refractivity contribution in [3.8, 4) is 22.6 Å². The summed E-state index contributed by atoms with van der Waals surface area (Å²) in [7, 11) is -0.628. The van der Waals surface area contributed by atoms with Crippen LogP contribution < -0.4 is 14.8 Å². The fourth-order valence-corrected chi connectivity index (χ4v) is 5.64. The fraction of sp³-hybridized carbons (Fsp3) is 0.0833. The number of hydrogen-bond donors (Lipinski definition) is 0. The van der Waals surface area contributed by atoms with Gasteiger partial charge in [-0.1, -0.05) is 122 Å². The van der Waals surface area contributed by atoms with Crippen LogP contribution in [0.1, 0.15) is 24.0 Å². The molecule has 0 saturated heterocycles. The molecule has 7 rings (SSSR count). The summed E-state index contributed by atoms with van der Waals surface area (Å²) >= 11 is 0. The molecule has 0 aliphatic carbocycles. The van der Waals surface area contributed by atoms with Gasteiger partial charge in [-0.15, -0.1) is 0 Å². The van der Waals surface area contributed by atoms with Crippen LogP contribution in [0.15, 0.2) is 132 Å². The summed E-state index contributed by atoms with van der Waals surface area (Å²) in [5.74, 6) is 1.95. The molecular formula is C36H28BNO2. The van der Waals surface area contributed by atoms with Crippen LogP contribution >= 0.6 is 0 Å². The summed E-state index contributed by atoms with van der Waals surface area (Å²) in [4.78, 5) is 4.83. The van der Waals surface area contributed by atoms with Gasteiger partial charge in [-0.05, 0) is 44.8 Å². The number of aliphatic imine (C=N–C) groups is 1. The van der Waals surface area contributed by atoms with E-state index in [0.29, 0.717) is 12.5 Å². The molecule has 192 valence electrons. The van der Waals surface area contributed by atoms with E-state index in [-0.39, 0.29) is 0 Å². The van der Waals surface area contributed by atoms with Gasteiger partial charge < -0.3 is 9.31 Å². The second kappa shape index (κ2) is 10.4. The minimum absolute atomic E-state index is 0.329. The van der Waals surface area contributed by atoms with Crippen molar-refractivity contribution < 1.29 is 9.31 Å². The zero-order valence-electron chi connectivity index (χ0n) is 22.3. The molecule has 0 aromatic heterocycles. The lowest BCUT2D eigenvalue weighted by molar-refractivity contribution is 0.448. The summed E-state index contributed by atoms with van der Waals surface area (Å²) in [5.41, 5.74) is 5.35. The molecular weight excluding hydrogens is 489 g/mol. The van der Waals surface area contributed by atoms with Gasteiger partial charge >= 0.3 is 7.12 Å². The van der Waals surface area contributed by atoms with Crippen molar-refractivity contribution >= 4 is 40.3 Å². The summed E-state index contributed by atoms with van der Waals surface area (Å²) in [6.45, 7) is 2.91. The molecule has 0 unspecified atom stereocenters. The van der Waals surface area contributed by atoms with Crippen molar-refractivity contribution in [3.63, 3.8) is 0 Å². The van der Waals surface area contributed by atoms with Crippen LogP contribution in [0.5, 0.6) is 11.5 Å². The molecule has 3 nitrogen and oxygen atoms in total. The molecule has 1 heterocycles. The molecule has 1 atom stereocenters. The third-order valence-corrected chi connectivity index (χ3v) is 7.73. The van der Waals surface area contributed by atoms with E-state index < -0.39 is 7.12 Å². The van der Waals surface area contributed by atoms with Gasteiger partial charge in [0.05, 0.1) is 0 Å². The van der Waals surface area contributed by atoms with Crippen molar-refractivity contribution in [2.75, 3.05) is 6.54 Å². The molecule has 0 bridgehead atoms. The Balaban J connectivity index is 1.32. The smallest absolute Gasteiger partial charge is 0.521 e. The first-order chi connectivity index (χ1) is 19.8. The van der Waals surface area contributed by atoms with Crippen LogP contribution in [0, 0.1) is 0 Å². The predicted octanol–water partition coefficient (Wildman–Crippen LogP) is 8.05. The Hall–Kier alpha value is -4.83. The average molecular weight is 517 g/mol. The molecule has 1 aliphatic rings. The molecule has 0 spiro atoms. The number of nitrogens with zero attached hydrogens (tertiary/aromatic N) is 1. The maximum atomic E-state index is 6.74.